The average Bonchev–Trinajstić information content (AvgIpc) is 3.20. The Morgan fingerprint density at radius 2 is 1.83 bits per heavy atom. The summed E-state index contributed by atoms with van der Waals surface area (Å²) in [5, 5.41) is 0. The summed E-state index contributed by atoms with van der Waals surface area (Å²) < 4.78 is 19.2. The molecule has 160 valence electrons. The molecule has 0 spiro atoms. The number of fused-ring (bicyclic) bond motifs is 1. The van der Waals surface area contributed by atoms with E-state index in [2.05, 4.69) is 4.90 Å². The van der Waals surface area contributed by atoms with Gasteiger partial charge in [-0.2, -0.15) is 0 Å². The summed E-state index contributed by atoms with van der Waals surface area (Å²) in [4.78, 5) is 29.3. The third-order valence-corrected chi connectivity index (χ3v) is 8.62. The van der Waals surface area contributed by atoms with E-state index in [1.807, 2.05) is 17.0 Å². The second-order valence-electron chi connectivity index (χ2n) is 10.3. The molecular formula is C23H28FN3O3. The average molecular weight is 413 g/mol. The van der Waals surface area contributed by atoms with Gasteiger partial charge in [-0.25, -0.2) is 14.0 Å². The van der Waals surface area contributed by atoms with Crippen LogP contribution in [0.3, 0.4) is 0 Å². The van der Waals surface area contributed by atoms with Gasteiger partial charge < -0.3 is 20.3 Å². The Hall–Kier alpha value is -2.31. The predicted octanol–water partition coefficient (Wildman–Crippen LogP) is 3.60. The van der Waals surface area contributed by atoms with Crippen LogP contribution in [0.2, 0.25) is 0 Å². The second-order valence-corrected chi connectivity index (χ2v) is 10.3. The Morgan fingerprint density at radius 3 is 2.50 bits per heavy atom. The van der Waals surface area contributed by atoms with Crippen molar-refractivity contribution >= 4 is 12.1 Å². The summed E-state index contributed by atoms with van der Waals surface area (Å²) in [7, 11) is 0. The van der Waals surface area contributed by atoms with Crippen LogP contribution in [0, 0.1) is 23.6 Å². The van der Waals surface area contributed by atoms with Crippen LogP contribution in [0.4, 0.5) is 14.0 Å². The topological polar surface area (TPSA) is 75.9 Å². The van der Waals surface area contributed by atoms with Crippen molar-refractivity contribution in [3.8, 4) is 0 Å². The molecule has 4 bridgehead atoms. The zero-order valence-corrected chi connectivity index (χ0v) is 17.1. The van der Waals surface area contributed by atoms with Crippen LogP contribution in [0.1, 0.15) is 50.5 Å². The van der Waals surface area contributed by atoms with Crippen LogP contribution in [-0.4, -0.2) is 46.7 Å². The first-order chi connectivity index (χ1) is 14.4. The second kappa shape index (κ2) is 6.11. The van der Waals surface area contributed by atoms with Gasteiger partial charge in [0.2, 0.25) is 0 Å². The van der Waals surface area contributed by atoms with E-state index in [9.17, 15) is 14.0 Å². The Balaban J connectivity index is 1.31. The molecule has 7 rings (SSSR count). The highest BCUT2D eigenvalue weighted by Crippen LogP contribution is 2.60. The lowest BCUT2D eigenvalue weighted by Crippen LogP contribution is -2.63. The van der Waals surface area contributed by atoms with Gasteiger partial charge in [-0.3, -0.25) is 0 Å². The lowest BCUT2D eigenvalue weighted by atomic mass is 9.52. The van der Waals surface area contributed by atoms with E-state index in [1.165, 1.54) is 12.1 Å². The summed E-state index contributed by atoms with van der Waals surface area (Å²) in [6, 6.07) is 7.01. The molecule has 6 nitrogen and oxygen atoms in total. The fraction of sp³-hybridized carbons (Fsp3) is 0.652. The van der Waals surface area contributed by atoms with Gasteiger partial charge in [0.25, 0.3) is 0 Å². The van der Waals surface area contributed by atoms with Crippen LogP contribution < -0.4 is 5.73 Å². The first kappa shape index (κ1) is 18.5. The summed E-state index contributed by atoms with van der Waals surface area (Å²) in [5.41, 5.74) is 5.65. The normalized spacial score (nSPS) is 41.4. The zero-order chi connectivity index (χ0) is 20.7. The molecule has 1 aromatic rings. The SMILES string of the molecule is NC(=O)OC12CC3CC(C1)C(N1C[C@]4(c5ccc(F)cc5)CCCN4C1=O)C(C3)C2. The quantitative estimate of drug-likeness (QED) is 0.823. The highest BCUT2D eigenvalue weighted by atomic mass is 19.1. The Kier molecular flexibility index (Phi) is 3.76. The summed E-state index contributed by atoms with van der Waals surface area (Å²) >= 11 is 0. The van der Waals surface area contributed by atoms with E-state index in [0.717, 1.165) is 57.1 Å². The van der Waals surface area contributed by atoms with E-state index in [0.29, 0.717) is 24.3 Å². The lowest BCUT2D eigenvalue weighted by molar-refractivity contribution is -0.152. The van der Waals surface area contributed by atoms with E-state index in [1.54, 1.807) is 0 Å². The molecule has 0 aromatic heterocycles. The van der Waals surface area contributed by atoms with Crippen LogP contribution in [0.15, 0.2) is 24.3 Å². The van der Waals surface area contributed by atoms with Gasteiger partial charge in [-0.05, 0) is 80.4 Å². The minimum absolute atomic E-state index is 0.124. The third kappa shape index (κ3) is 2.47. The summed E-state index contributed by atoms with van der Waals surface area (Å²) in [6.07, 6.45) is 5.93. The standard InChI is InChI=1S/C23H28FN3O3/c24-18-4-2-17(3-5-18)23-6-1-7-27(23)21(29)26(13-23)19-15-8-14-9-16(19)12-22(10-14,11-15)30-20(25)28/h2-5,14-16,19H,1,6-13H2,(H2,25,28)/t14?,15?,16?,19?,22?,23-/m0/s1. The maximum absolute atomic E-state index is 13.6. The van der Waals surface area contributed by atoms with Crippen molar-refractivity contribution in [3.63, 3.8) is 0 Å². The van der Waals surface area contributed by atoms with E-state index in [-0.39, 0.29) is 23.4 Å². The molecule has 6 fully saturated rings. The first-order valence-corrected chi connectivity index (χ1v) is 11.2. The third-order valence-electron chi connectivity index (χ3n) is 8.62. The molecule has 3 amide bonds. The number of nitrogens with two attached hydrogens (primary N) is 1. The smallest absolute Gasteiger partial charge is 0.405 e. The molecule has 4 saturated carbocycles. The summed E-state index contributed by atoms with van der Waals surface area (Å²) in [5.74, 6) is 1.01. The van der Waals surface area contributed by atoms with Crippen molar-refractivity contribution in [1.82, 2.24) is 9.80 Å². The number of rotatable bonds is 3. The van der Waals surface area contributed by atoms with Crippen molar-refractivity contribution < 1.29 is 18.7 Å². The van der Waals surface area contributed by atoms with Crippen LogP contribution >= 0.6 is 0 Å². The lowest BCUT2D eigenvalue weighted by Gasteiger charge is -2.60. The largest absolute Gasteiger partial charge is 0.443 e. The number of nitrogens with zero attached hydrogens (tertiary/aromatic N) is 2. The molecule has 30 heavy (non-hydrogen) atoms. The fourth-order valence-electron chi connectivity index (χ4n) is 7.98. The zero-order valence-electron chi connectivity index (χ0n) is 17.1. The number of carbonyl (C=O) groups is 2. The molecule has 3 atom stereocenters. The van der Waals surface area contributed by atoms with Gasteiger partial charge in [-0.15, -0.1) is 0 Å². The molecule has 6 aliphatic rings. The Morgan fingerprint density at radius 1 is 1.13 bits per heavy atom. The fourth-order valence-corrected chi connectivity index (χ4v) is 7.98. The molecule has 2 aliphatic heterocycles. The minimum Gasteiger partial charge on any atom is -0.443 e. The van der Waals surface area contributed by atoms with Gasteiger partial charge in [-0.1, -0.05) is 12.1 Å². The van der Waals surface area contributed by atoms with Crippen LogP contribution in [0.25, 0.3) is 0 Å². The molecule has 0 radical (unpaired) electrons. The predicted molar refractivity (Wildman–Crippen MR) is 107 cm³/mol. The Labute approximate surface area is 175 Å². The van der Waals surface area contributed by atoms with Crippen molar-refractivity contribution in [2.24, 2.45) is 23.5 Å². The molecule has 7 heteroatoms. The van der Waals surface area contributed by atoms with Crippen LogP contribution in [-0.2, 0) is 10.3 Å². The number of carbonyl (C=O) groups excluding carboxylic acids is 2. The number of hydrogen-bond acceptors (Lipinski definition) is 3. The highest BCUT2D eigenvalue weighted by Gasteiger charge is 2.63. The molecule has 2 heterocycles. The van der Waals surface area contributed by atoms with Crippen molar-refractivity contribution in [3.05, 3.63) is 35.6 Å². The van der Waals surface area contributed by atoms with Gasteiger partial charge in [0.1, 0.15) is 11.4 Å². The van der Waals surface area contributed by atoms with Gasteiger partial charge in [0.15, 0.2) is 0 Å². The van der Waals surface area contributed by atoms with E-state index >= 15 is 0 Å². The number of urea groups is 1. The van der Waals surface area contributed by atoms with Crippen molar-refractivity contribution in [1.29, 1.82) is 0 Å². The number of benzene rings is 1. The number of primary amides is 1. The van der Waals surface area contributed by atoms with Crippen molar-refractivity contribution in [2.45, 2.75) is 62.1 Å². The molecule has 2 N–H and O–H groups in total. The number of hydrogen-bond donors (Lipinski definition) is 1. The van der Waals surface area contributed by atoms with Crippen LogP contribution in [0.5, 0.6) is 0 Å². The minimum atomic E-state index is -0.679. The monoisotopic (exact) mass is 413 g/mol. The molecule has 4 aliphatic carbocycles. The number of halogens is 1. The number of ether oxygens (including phenoxy) is 1. The molecule has 2 saturated heterocycles. The summed E-state index contributed by atoms with van der Waals surface area (Å²) in [6.45, 7) is 1.43. The number of amides is 3. The molecule has 2 unspecified atom stereocenters. The van der Waals surface area contributed by atoms with E-state index < -0.39 is 11.7 Å². The van der Waals surface area contributed by atoms with Gasteiger partial charge in [0.05, 0.1) is 12.1 Å². The van der Waals surface area contributed by atoms with Gasteiger partial charge in [0, 0.05) is 12.6 Å². The Bertz CT molecular complexity index is 889. The first-order valence-electron chi connectivity index (χ1n) is 11.2. The van der Waals surface area contributed by atoms with Gasteiger partial charge >= 0.3 is 12.1 Å². The molecule has 1 aromatic carbocycles. The van der Waals surface area contributed by atoms with E-state index in [4.69, 9.17) is 10.5 Å². The van der Waals surface area contributed by atoms with Crippen molar-refractivity contribution in [2.75, 3.05) is 13.1 Å². The highest BCUT2D eigenvalue weighted by molar-refractivity contribution is 5.80. The maximum Gasteiger partial charge on any atom is 0.405 e. The molecular weight excluding hydrogens is 385 g/mol. The maximum atomic E-state index is 13.6.